The van der Waals surface area contributed by atoms with Crippen molar-refractivity contribution in [2.75, 3.05) is 33.4 Å². The molecule has 0 radical (unpaired) electrons. The normalized spacial score (nSPS) is 15.7. The lowest BCUT2D eigenvalue weighted by Crippen LogP contribution is -2.42. The Bertz CT molecular complexity index is 1060. The molecule has 1 saturated heterocycles. The van der Waals surface area contributed by atoms with Crippen LogP contribution in [0.25, 0.3) is 10.9 Å². The van der Waals surface area contributed by atoms with Gasteiger partial charge in [0.2, 0.25) is 5.91 Å². The van der Waals surface area contributed by atoms with Gasteiger partial charge in [0.1, 0.15) is 5.75 Å². The number of methoxy groups -OCH3 is 1. The summed E-state index contributed by atoms with van der Waals surface area (Å²) in [7, 11) is 1.69. The number of amides is 1. The maximum Gasteiger partial charge on any atom is 0.223 e. The Morgan fingerprint density at radius 2 is 1.75 bits per heavy atom. The molecule has 0 bridgehead atoms. The second-order valence-electron chi connectivity index (χ2n) is 9.69. The number of fused-ring (bicyclic) bond motifs is 1. The van der Waals surface area contributed by atoms with Crippen molar-refractivity contribution < 1.29 is 14.3 Å². The third-order valence-electron chi connectivity index (χ3n) is 6.49. The summed E-state index contributed by atoms with van der Waals surface area (Å²) in [5, 5.41) is 1.23. The highest BCUT2D eigenvalue weighted by Crippen LogP contribution is 2.42. The van der Waals surface area contributed by atoms with Crippen LogP contribution in [0.5, 0.6) is 5.75 Å². The van der Waals surface area contributed by atoms with E-state index in [4.69, 9.17) is 9.47 Å². The maximum atomic E-state index is 13.2. The van der Waals surface area contributed by atoms with Gasteiger partial charge in [-0.2, -0.15) is 0 Å². The fraction of sp³-hybridized carbons (Fsp3) is 0.444. The van der Waals surface area contributed by atoms with Gasteiger partial charge in [-0.1, -0.05) is 51.1 Å². The van der Waals surface area contributed by atoms with Gasteiger partial charge in [-0.25, -0.2) is 0 Å². The van der Waals surface area contributed by atoms with Crippen LogP contribution in [0.4, 0.5) is 0 Å². The Morgan fingerprint density at radius 3 is 2.41 bits per heavy atom. The van der Waals surface area contributed by atoms with E-state index in [2.05, 4.69) is 67.9 Å². The molecule has 1 fully saturated rings. The lowest BCUT2D eigenvalue weighted by Gasteiger charge is -2.34. The SMILES string of the molecule is COc1ccc(Cn2cc([C@@H](CC(=O)N3CCOCC3)C(C)(C)C)c3ccccc32)cc1. The number of morpholine rings is 1. The van der Waals surface area contributed by atoms with Crippen molar-refractivity contribution in [2.45, 2.75) is 39.7 Å². The largest absolute Gasteiger partial charge is 0.497 e. The molecule has 5 heteroatoms. The standard InChI is InChI=1S/C27H34N2O3/c1-27(2,3)24(17-26(30)28-13-15-32-16-14-28)23-19-29(25-8-6-5-7-22(23)25)18-20-9-11-21(31-4)12-10-20/h5-12,19,24H,13-18H2,1-4H3/t24-/m1/s1. The van der Waals surface area contributed by atoms with Crippen LogP contribution in [-0.4, -0.2) is 48.8 Å². The number of benzene rings is 2. The van der Waals surface area contributed by atoms with Crippen molar-refractivity contribution in [1.82, 2.24) is 9.47 Å². The summed E-state index contributed by atoms with van der Waals surface area (Å²) in [6, 6.07) is 16.8. The molecule has 1 aliphatic heterocycles. The molecule has 1 aliphatic rings. The number of rotatable bonds is 6. The summed E-state index contributed by atoms with van der Waals surface area (Å²) in [6.45, 7) is 10.1. The average Bonchev–Trinajstić information content (AvgIpc) is 3.15. The predicted octanol–water partition coefficient (Wildman–Crippen LogP) is 5.08. The van der Waals surface area contributed by atoms with Crippen LogP contribution >= 0.6 is 0 Å². The molecule has 1 amide bonds. The van der Waals surface area contributed by atoms with E-state index in [9.17, 15) is 4.79 Å². The van der Waals surface area contributed by atoms with E-state index in [1.165, 1.54) is 22.0 Å². The molecule has 3 aromatic rings. The van der Waals surface area contributed by atoms with Gasteiger partial charge in [-0.3, -0.25) is 4.79 Å². The zero-order valence-corrected chi connectivity index (χ0v) is 19.6. The number of aromatic nitrogens is 1. The lowest BCUT2D eigenvalue weighted by molar-refractivity contribution is -0.136. The van der Waals surface area contributed by atoms with Gasteiger partial charge >= 0.3 is 0 Å². The highest BCUT2D eigenvalue weighted by molar-refractivity contribution is 5.86. The van der Waals surface area contributed by atoms with Crippen molar-refractivity contribution in [3.63, 3.8) is 0 Å². The van der Waals surface area contributed by atoms with E-state index in [0.29, 0.717) is 32.7 Å². The van der Waals surface area contributed by atoms with E-state index < -0.39 is 0 Å². The maximum absolute atomic E-state index is 13.2. The fourth-order valence-corrected chi connectivity index (χ4v) is 4.61. The number of hydrogen-bond donors (Lipinski definition) is 0. The molecule has 1 aromatic heterocycles. The van der Waals surface area contributed by atoms with Crippen LogP contribution in [0.15, 0.2) is 54.7 Å². The minimum absolute atomic E-state index is 0.0446. The van der Waals surface area contributed by atoms with Crippen molar-refractivity contribution in [3.8, 4) is 5.75 Å². The van der Waals surface area contributed by atoms with Gasteiger partial charge in [0.15, 0.2) is 0 Å². The molecular weight excluding hydrogens is 400 g/mol. The average molecular weight is 435 g/mol. The smallest absolute Gasteiger partial charge is 0.223 e. The molecule has 0 saturated carbocycles. The summed E-state index contributed by atoms with van der Waals surface area (Å²) in [5.41, 5.74) is 3.63. The van der Waals surface area contributed by atoms with Gasteiger partial charge < -0.3 is 18.9 Å². The number of ether oxygens (including phenoxy) is 2. The first-order valence-electron chi connectivity index (χ1n) is 11.4. The van der Waals surface area contributed by atoms with Crippen molar-refractivity contribution in [2.24, 2.45) is 5.41 Å². The number of carbonyl (C=O) groups is 1. The Balaban J connectivity index is 1.68. The monoisotopic (exact) mass is 434 g/mol. The van der Waals surface area contributed by atoms with Crippen LogP contribution in [0.3, 0.4) is 0 Å². The zero-order chi connectivity index (χ0) is 22.7. The van der Waals surface area contributed by atoms with Crippen LogP contribution in [-0.2, 0) is 16.1 Å². The van der Waals surface area contributed by atoms with E-state index in [0.717, 1.165) is 12.3 Å². The predicted molar refractivity (Wildman–Crippen MR) is 128 cm³/mol. The molecule has 2 aromatic carbocycles. The second kappa shape index (κ2) is 9.37. The van der Waals surface area contributed by atoms with Gasteiger partial charge in [-0.15, -0.1) is 0 Å². The molecule has 0 unspecified atom stereocenters. The Hall–Kier alpha value is -2.79. The first-order valence-corrected chi connectivity index (χ1v) is 11.4. The molecule has 2 heterocycles. The number of carbonyl (C=O) groups excluding carboxylic acids is 1. The molecule has 0 aliphatic carbocycles. The van der Waals surface area contributed by atoms with Crippen molar-refractivity contribution in [1.29, 1.82) is 0 Å². The Morgan fingerprint density at radius 1 is 1.06 bits per heavy atom. The second-order valence-corrected chi connectivity index (χ2v) is 9.69. The minimum Gasteiger partial charge on any atom is -0.497 e. The van der Waals surface area contributed by atoms with Crippen LogP contribution < -0.4 is 4.74 Å². The number of para-hydroxylation sites is 1. The molecule has 1 atom stereocenters. The first kappa shape index (κ1) is 22.4. The van der Waals surface area contributed by atoms with Crippen molar-refractivity contribution in [3.05, 3.63) is 65.9 Å². The summed E-state index contributed by atoms with van der Waals surface area (Å²) < 4.78 is 13.0. The first-order chi connectivity index (χ1) is 15.4. The summed E-state index contributed by atoms with van der Waals surface area (Å²) in [6.07, 6.45) is 2.78. The number of nitrogens with zero attached hydrogens (tertiary/aromatic N) is 2. The van der Waals surface area contributed by atoms with Gasteiger partial charge in [0, 0.05) is 43.2 Å². The molecule has 170 valence electrons. The molecule has 0 N–H and O–H groups in total. The molecule has 4 rings (SSSR count). The van der Waals surface area contributed by atoms with Gasteiger partial charge in [-0.05, 0) is 40.7 Å². The lowest BCUT2D eigenvalue weighted by atomic mass is 9.74. The Kier molecular flexibility index (Phi) is 6.56. The van der Waals surface area contributed by atoms with E-state index in [1.54, 1.807) is 7.11 Å². The minimum atomic E-state index is -0.0446. The van der Waals surface area contributed by atoms with Gasteiger partial charge in [0.05, 0.1) is 20.3 Å². The number of hydrogen-bond acceptors (Lipinski definition) is 3. The third kappa shape index (κ3) is 4.83. The van der Waals surface area contributed by atoms with E-state index in [-0.39, 0.29) is 17.2 Å². The fourth-order valence-electron chi connectivity index (χ4n) is 4.61. The topological polar surface area (TPSA) is 43.7 Å². The quantitative estimate of drug-likeness (QED) is 0.544. The van der Waals surface area contributed by atoms with Crippen LogP contribution in [0, 0.1) is 5.41 Å². The third-order valence-corrected chi connectivity index (χ3v) is 6.49. The summed E-state index contributed by atoms with van der Waals surface area (Å²) in [4.78, 5) is 15.1. The van der Waals surface area contributed by atoms with Crippen LogP contribution in [0.2, 0.25) is 0 Å². The van der Waals surface area contributed by atoms with E-state index in [1.807, 2.05) is 17.0 Å². The molecule has 5 nitrogen and oxygen atoms in total. The summed E-state index contributed by atoms with van der Waals surface area (Å²) in [5.74, 6) is 1.21. The van der Waals surface area contributed by atoms with E-state index >= 15 is 0 Å². The van der Waals surface area contributed by atoms with Gasteiger partial charge in [0.25, 0.3) is 0 Å². The molecule has 0 spiro atoms. The Labute approximate surface area is 190 Å². The van der Waals surface area contributed by atoms with Crippen LogP contribution in [0.1, 0.15) is 44.2 Å². The molecule has 32 heavy (non-hydrogen) atoms. The molecular formula is C27H34N2O3. The highest BCUT2D eigenvalue weighted by Gasteiger charge is 2.32. The zero-order valence-electron chi connectivity index (χ0n) is 19.6. The summed E-state index contributed by atoms with van der Waals surface area (Å²) >= 11 is 0. The van der Waals surface area contributed by atoms with Crippen molar-refractivity contribution >= 4 is 16.8 Å². The highest BCUT2D eigenvalue weighted by atomic mass is 16.5.